The third-order valence-corrected chi connectivity index (χ3v) is 3.26. The molecule has 0 bridgehead atoms. The Bertz CT molecular complexity index is 513. The Morgan fingerprint density at radius 1 is 1.43 bits per heavy atom. The van der Waals surface area contributed by atoms with Crippen LogP contribution in [0, 0.1) is 0 Å². The lowest BCUT2D eigenvalue weighted by atomic mass is 9.98. The molecule has 0 aliphatic carbocycles. The van der Waals surface area contributed by atoms with E-state index in [2.05, 4.69) is 5.32 Å². The quantitative estimate of drug-likeness (QED) is 0.640. The van der Waals surface area contributed by atoms with Crippen LogP contribution in [0.5, 0.6) is 0 Å². The van der Waals surface area contributed by atoms with Crippen molar-refractivity contribution in [2.45, 2.75) is 38.9 Å². The molecule has 1 amide bonds. The number of carbonyl (C=O) groups excluding carboxylic acids is 2. The molecule has 1 N–H and O–H groups in total. The molecular formula is C16H21NO4. The minimum absolute atomic E-state index is 0.191. The van der Waals surface area contributed by atoms with Crippen molar-refractivity contribution < 1.29 is 19.1 Å². The molecule has 1 unspecified atom stereocenters. The van der Waals surface area contributed by atoms with E-state index < -0.39 is 12.1 Å². The lowest BCUT2D eigenvalue weighted by molar-refractivity contribution is -0.130. The first-order valence-corrected chi connectivity index (χ1v) is 7.26. The monoisotopic (exact) mass is 291 g/mol. The summed E-state index contributed by atoms with van der Waals surface area (Å²) in [5, 5.41) is 2.78. The Kier molecular flexibility index (Phi) is 5.33. The van der Waals surface area contributed by atoms with Crippen molar-refractivity contribution in [3.05, 3.63) is 35.4 Å². The van der Waals surface area contributed by atoms with Crippen LogP contribution in [0.4, 0.5) is 0 Å². The van der Waals surface area contributed by atoms with Crippen molar-refractivity contribution in [1.29, 1.82) is 0 Å². The minimum atomic E-state index is -0.738. The number of hydrogen-bond donors (Lipinski definition) is 1. The van der Waals surface area contributed by atoms with Gasteiger partial charge in [-0.25, -0.2) is 4.79 Å². The molecule has 5 heteroatoms. The van der Waals surface area contributed by atoms with Crippen molar-refractivity contribution in [3.63, 3.8) is 0 Å². The Hall–Kier alpha value is -1.88. The number of nitrogens with one attached hydrogen (secondary N) is 1. The number of ether oxygens (including phenoxy) is 2. The highest BCUT2D eigenvalue weighted by molar-refractivity contribution is 5.95. The molecule has 0 fully saturated rings. The molecule has 21 heavy (non-hydrogen) atoms. The maximum atomic E-state index is 12.0. The fraction of sp³-hybridized carbons (Fsp3) is 0.500. The predicted octanol–water partition coefficient (Wildman–Crippen LogP) is 1.70. The van der Waals surface area contributed by atoms with E-state index in [4.69, 9.17) is 9.47 Å². The number of rotatable bonds is 6. The van der Waals surface area contributed by atoms with Gasteiger partial charge in [0.15, 0.2) is 6.10 Å². The summed E-state index contributed by atoms with van der Waals surface area (Å²) in [4.78, 5) is 23.9. The molecule has 0 saturated heterocycles. The van der Waals surface area contributed by atoms with Gasteiger partial charge in [0.25, 0.3) is 5.91 Å². The average Bonchev–Trinajstić information content (AvgIpc) is 2.46. The summed E-state index contributed by atoms with van der Waals surface area (Å²) in [5.41, 5.74) is 1.41. The van der Waals surface area contributed by atoms with Gasteiger partial charge in [-0.05, 0) is 31.9 Å². The predicted molar refractivity (Wildman–Crippen MR) is 78.1 cm³/mol. The highest BCUT2D eigenvalue weighted by Gasteiger charge is 2.30. The third kappa shape index (κ3) is 4.29. The van der Waals surface area contributed by atoms with Gasteiger partial charge in [-0.1, -0.05) is 18.2 Å². The first-order chi connectivity index (χ1) is 10.1. The van der Waals surface area contributed by atoms with Gasteiger partial charge in [0.2, 0.25) is 0 Å². The summed E-state index contributed by atoms with van der Waals surface area (Å²) in [6.45, 7) is 5.06. The number of cyclic esters (lactones) is 1. The molecule has 1 atom stereocenters. The second kappa shape index (κ2) is 7.22. The largest absolute Gasteiger partial charge is 0.448 e. The van der Waals surface area contributed by atoms with Crippen LogP contribution in [0.15, 0.2) is 24.3 Å². The van der Waals surface area contributed by atoms with Crippen LogP contribution in [-0.2, 0) is 20.7 Å². The molecule has 0 saturated carbocycles. The number of fused-ring (bicyclic) bond motifs is 1. The fourth-order valence-corrected chi connectivity index (χ4v) is 2.19. The first kappa shape index (κ1) is 15.5. The second-order valence-corrected chi connectivity index (χ2v) is 5.32. The molecule has 2 rings (SSSR count). The van der Waals surface area contributed by atoms with Crippen LogP contribution < -0.4 is 5.32 Å². The van der Waals surface area contributed by atoms with Crippen molar-refractivity contribution in [2.24, 2.45) is 0 Å². The zero-order valence-corrected chi connectivity index (χ0v) is 12.4. The summed E-state index contributed by atoms with van der Waals surface area (Å²) >= 11 is 0. The van der Waals surface area contributed by atoms with Crippen LogP contribution >= 0.6 is 0 Å². The summed E-state index contributed by atoms with van der Waals surface area (Å²) in [7, 11) is 0. The first-order valence-electron chi connectivity index (χ1n) is 7.26. The highest BCUT2D eigenvalue weighted by Crippen LogP contribution is 2.20. The topological polar surface area (TPSA) is 64.6 Å². The summed E-state index contributed by atoms with van der Waals surface area (Å²) in [6, 6.07) is 7.21. The molecule has 1 aliphatic rings. The Morgan fingerprint density at radius 2 is 2.19 bits per heavy atom. The summed E-state index contributed by atoms with van der Waals surface area (Å²) in [6.07, 6.45) is 0.618. The zero-order chi connectivity index (χ0) is 15.2. The maximum absolute atomic E-state index is 12.0. The van der Waals surface area contributed by atoms with Gasteiger partial charge in [0.1, 0.15) is 0 Å². The van der Waals surface area contributed by atoms with Crippen molar-refractivity contribution in [3.8, 4) is 0 Å². The van der Waals surface area contributed by atoms with Gasteiger partial charge in [-0.3, -0.25) is 4.79 Å². The van der Waals surface area contributed by atoms with Crippen molar-refractivity contribution >= 4 is 11.9 Å². The standard InChI is InChI=1S/C16H21NO4/c1-11(2)20-9-5-8-17-15(18)14-10-12-6-3-4-7-13(12)16(19)21-14/h3-4,6-7,11,14H,5,8-10H2,1-2H3,(H,17,18). The van der Waals surface area contributed by atoms with Crippen molar-refractivity contribution in [1.82, 2.24) is 5.32 Å². The van der Waals surface area contributed by atoms with Crippen LogP contribution in [-0.4, -0.2) is 37.2 Å². The zero-order valence-electron chi connectivity index (χ0n) is 12.4. The van der Waals surface area contributed by atoms with Crippen LogP contribution in [0.3, 0.4) is 0 Å². The van der Waals surface area contributed by atoms with E-state index in [0.717, 1.165) is 12.0 Å². The molecule has 0 aromatic heterocycles. The molecule has 0 spiro atoms. The van der Waals surface area contributed by atoms with Gasteiger partial charge < -0.3 is 14.8 Å². The number of hydrogen-bond acceptors (Lipinski definition) is 4. The second-order valence-electron chi connectivity index (χ2n) is 5.32. The molecule has 1 heterocycles. The van der Waals surface area contributed by atoms with E-state index in [1.807, 2.05) is 26.0 Å². The van der Waals surface area contributed by atoms with E-state index in [1.54, 1.807) is 12.1 Å². The Balaban J connectivity index is 1.81. The number of amides is 1. The number of benzene rings is 1. The van der Waals surface area contributed by atoms with Crippen LogP contribution in [0.1, 0.15) is 36.2 Å². The molecule has 114 valence electrons. The summed E-state index contributed by atoms with van der Waals surface area (Å²) < 4.78 is 10.6. The van der Waals surface area contributed by atoms with E-state index in [0.29, 0.717) is 25.1 Å². The number of esters is 1. The van der Waals surface area contributed by atoms with Gasteiger partial charge in [0.05, 0.1) is 11.7 Å². The Labute approximate surface area is 124 Å². The molecule has 1 aromatic carbocycles. The number of carbonyl (C=O) groups is 2. The SMILES string of the molecule is CC(C)OCCCNC(=O)C1Cc2ccccc2C(=O)O1. The van der Waals surface area contributed by atoms with Gasteiger partial charge in [-0.15, -0.1) is 0 Å². The Morgan fingerprint density at radius 3 is 2.95 bits per heavy atom. The lowest BCUT2D eigenvalue weighted by Crippen LogP contribution is -2.42. The van der Waals surface area contributed by atoms with E-state index >= 15 is 0 Å². The molecular weight excluding hydrogens is 270 g/mol. The third-order valence-electron chi connectivity index (χ3n) is 3.26. The smallest absolute Gasteiger partial charge is 0.339 e. The van der Waals surface area contributed by atoms with Crippen molar-refractivity contribution in [2.75, 3.05) is 13.2 Å². The molecule has 1 aromatic rings. The maximum Gasteiger partial charge on any atom is 0.339 e. The van der Waals surface area contributed by atoms with E-state index in [1.165, 1.54) is 0 Å². The molecule has 5 nitrogen and oxygen atoms in total. The van der Waals surface area contributed by atoms with Crippen LogP contribution in [0.2, 0.25) is 0 Å². The van der Waals surface area contributed by atoms with Gasteiger partial charge in [-0.2, -0.15) is 0 Å². The normalized spacial score (nSPS) is 17.3. The van der Waals surface area contributed by atoms with Gasteiger partial charge in [0, 0.05) is 19.6 Å². The molecule has 0 radical (unpaired) electrons. The fourth-order valence-electron chi connectivity index (χ4n) is 2.19. The summed E-state index contributed by atoms with van der Waals surface area (Å²) in [5.74, 6) is -0.678. The van der Waals surface area contributed by atoms with Crippen LogP contribution in [0.25, 0.3) is 0 Å². The van der Waals surface area contributed by atoms with E-state index in [-0.39, 0.29) is 12.0 Å². The van der Waals surface area contributed by atoms with E-state index in [9.17, 15) is 9.59 Å². The average molecular weight is 291 g/mol. The van der Waals surface area contributed by atoms with Gasteiger partial charge >= 0.3 is 5.97 Å². The molecule has 1 aliphatic heterocycles. The highest BCUT2D eigenvalue weighted by atomic mass is 16.5. The minimum Gasteiger partial charge on any atom is -0.448 e. The lowest BCUT2D eigenvalue weighted by Gasteiger charge is -2.23.